The van der Waals surface area contributed by atoms with Crippen LogP contribution in [0.15, 0.2) is 18.2 Å². The molecule has 1 aromatic carbocycles. The van der Waals surface area contributed by atoms with Gasteiger partial charge in [-0.3, -0.25) is 0 Å². The van der Waals surface area contributed by atoms with Crippen LogP contribution in [0.25, 0.3) is 0 Å². The first-order valence-corrected chi connectivity index (χ1v) is 10.6. The highest BCUT2D eigenvalue weighted by Crippen LogP contribution is 2.31. The van der Waals surface area contributed by atoms with Crippen LogP contribution in [-0.4, -0.2) is 39.7 Å². The highest BCUT2D eigenvalue weighted by molar-refractivity contribution is 7.15. The third kappa shape index (κ3) is 4.39. The van der Waals surface area contributed by atoms with Gasteiger partial charge in [0.2, 0.25) is 0 Å². The summed E-state index contributed by atoms with van der Waals surface area (Å²) in [4.78, 5) is 20.0. The SMILES string of the molecule is O=C(Nc1ccc(F)c(Cl)c1)N1CCc2nc(NC3CCC(O)CC3)sc2C1. The summed E-state index contributed by atoms with van der Waals surface area (Å²) in [7, 11) is 0. The lowest BCUT2D eigenvalue weighted by Crippen LogP contribution is -2.38. The fourth-order valence-electron chi connectivity index (χ4n) is 3.60. The first-order valence-electron chi connectivity index (χ1n) is 9.42. The number of carbonyl (C=O) groups is 1. The van der Waals surface area contributed by atoms with Gasteiger partial charge in [-0.1, -0.05) is 22.9 Å². The topological polar surface area (TPSA) is 77.5 Å². The van der Waals surface area contributed by atoms with Gasteiger partial charge < -0.3 is 20.6 Å². The quantitative estimate of drug-likeness (QED) is 0.688. The minimum absolute atomic E-state index is 0.0212. The number of carbonyl (C=O) groups excluding carboxylic acids is 1. The molecule has 0 bridgehead atoms. The average Bonchev–Trinajstić information content (AvgIpc) is 3.08. The Hall–Kier alpha value is -1.90. The Bertz CT molecular complexity index is 870. The largest absolute Gasteiger partial charge is 0.393 e. The molecule has 9 heteroatoms. The molecule has 28 heavy (non-hydrogen) atoms. The predicted molar refractivity (Wildman–Crippen MR) is 109 cm³/mol. The van der Waals surface area contributed by atoms with Gasteiger partial charge in [-0.25, -0.2) is 14.2 Å². The number of amides is 2. The maximum absolute atomic E-state index is 13.3. The molecule has 2 amide bonds. The zero-order valence-electron chi connectivity index (χ0n) is 15.3. The number of thiazole rings is 1. The van der Waals surface area contributed by atoms with Crippen LogP contribution in [0.2, 0.25) is 5.02 Å². The van der Waals surface area contributed by atoms with Crippen molar-refractivity contribution in [3.63, 3.8) is 0 Å². The van der Waals surface area contributed by atoms with Gasteiger partial charge in [-0.15, -0.1) is 0 Å². The molecule has 150 valence electrons. The van der Waals surface area contributed by atoms with Gasteiger partial charge in [0.15, 0.2) is 5.13 Å². The monoisotopic (exact) mass is 424 g/mol. The van der Waals surface area contributed by atoms with Gasteiger partial charge in [0.25, 0.3) is 0 Å². The number of hydrogen-bond acceptors (Lipinski definition) is 5. The minimum Gasteiger partial charge on any atom is -0.393 e. The van der Waals surface area contributed by atoms with E-state index in [4.69, 9.17) is 16.6 Å². The third-order valence-electron chi connectivity index (χ3n) is 5.21. The first kappa shape index (κ1) is 19.4. The Labute approximate surface area is 171 Å². The zero-order valence-corrected chi connectivity index (χ0v) is 16.8. The molecule has 6 nitrogen and oxygen atoms in total. The predicted octanol–water partition coefficient (Wildman–Crippen LogP) is 4.24. The number of hydrogen-bond donors (Lipinski definition) is 3. The summed E-state index contributed by atoms with van der Waals surface area (Å²) in [5, 5.41) is 16.7. The summed E-state index contributed by atoms with van der Waals surface area (Å²) >= 11 is 7.36. The van der Waals surface area contributed by atoms with Crippen molar-refractivity contribution in [1.82, 2.24) is 9.88 Å². The molecule has 0 radical (unpaired) electrons. The summed E-state index contributed by atoms with van der Waals surface area (Å²) < 4.78 is 13.3. The van der Waals surface area contributed by atoms with Crippen LogP contribution in [0.1, 0.15) is 36.3 Å². The maximum Gasteiger partial charge on any atom is 0.322 e. The second-order valence-electron chi connectivity index (χ2n) is 7.27. The molecule has 0 spiro atoms. The molecule has 1 saturated carbocycles. The van der Waals surface area contributed by atoms with E-state index in [1.54, 1.807) is 16.2 Å². The van der Waals surface area contributed by atoms with Crippen LogP contribution in [0, 0.1) is 5.82 Å². The van der Waals surface area contributed by atoms with Crippen molar-refractivity contribution in [3.8, 4) is 0 Å². The lowest BCUT2D eigenvalue weighted by Gasteiger charge is -2.26. The van der Waals surface area contributed by atoms with E-state index in [0.29, 0.717) is 31.2 Å². The molecule has 1 aliphatic carbocycles. The van der Waals surface area contributed by atoms with Gasteiger partial charge in [0.05, 0.1) is 23.4 Å². The molecule has 1 aromatic heterocycles. The summed E-state index contributed by atoms with van der Waals surface area (Å²) in [5.74, 6) is -0.514. The van der Waals surface area contributed by atoms with E-state index in [1.165, 1.54) is 18.2 Å². The number of nitrogens with one attached hydrogen (secondary N) is 2. The Balaban J connectivity index is 1.37. The lowest BCUT2D eigenvalue weighted by atomic mass is 9.93. The normalized spacial score (nSPS) is 21.9. The number of benzene rings is 1. The van der Waals surface area contributed by atoms with E-state index in [9.17, 15) is 14.3 Å². The molecule has 0 saturated heterocycles. The second kappa shape index (κ2) is 8.23. The van der Waals surface area contributed by atoms with E-state index in [0.717, 1.165) is 41.4 Å². The minimum atomic E-state index is -0.514. The maximum atomic E-state index is 13.3. The van der Waals surface area contributed by atoms with E-state index in [1.807, 2.05) is 0 Å². The fourth-order valence-corrected chi connectivity index (χ4v) is 4.88. The number of aliphatic hydroxyl groups excluding tert-OH is 1. The second-order valence-corrected chi connectivity index (χ2v) is 8.76. The number of fused-ring (bicyclic) bond motifs is 1. The number of nitrogens with zero attached hydrogens (tertiary/aromatic N) is 2. The molecule has 4 rings (SSSR count). The van der Waals surface area contributed by atoms with Crippen LogP contribution in [-0.2, 0) is 13.0 Å². The van der Waals surface area contributed by atoms with Gasteiger partial charge in [0.1, 0.15) is 5.82 Å². The highest BCUT2D eigenvalue weighted by Gasteiger charge is 2.26. The molecule has 2 aliphatic rings. The van der Waals surface area contributed by atoms with Crippen molar-refractivity contribution in [2.24, 2.45) is 0 Å². The molecule has 1 fully saturated rings. The van der Waals surface area contributed by atoms with Crippen molar-refractivity contribution < 1.29 is 14.3 Å². The number of halogens is 2. The number of urea groups is 1. The van der Waals surface area contributed by atoms with E-state index in [-0.39, 0.29) is 17.2 Å². The highest BCUT2D eigenvalue weighted by atomic mass is 35.5. The number of rotatable bonds is 3. The molecule has 0 atom stereocenters. The van der Waals surface area contributed by atoms with Crippen LogP contribution >= 0.6 is 22.9 Å². The van der Waals surface area contributed by atoms with Gasteiger partial charge in [-0.2, -0.15) is 0 Å². The Morgan fingerprint density at radius 3 is 2.86 bits per heavy atom. The summed E-state index contributed by atoms with van der Waals surface area (Å²) in [5.41, 5.74) is 1.51. The molecule has 2 aromatic rings. The van der Waals surface area contributed by atoms with E-state index < -0.39 is 5.82 Å². The molecule has 0 unspecified atom stereocenters. The molecular weight excluding hydrogens is 403 g/mol. The standard InChI is InChI=1S/C19H22ClFN4O2S/c20-14-9-12(3-6-15(14)21)23-19(27)25-8-7-16-17(10-25)28-18(24-16)22-11-1-4-13(26)5-2-11/h3,6,9,11,13,26H,1-2,4-5,7-8,10H2,(H,22,24)(H,23,27). The summed E-state index contributed by atoms with van der Waals surface area (Å²) in [6, 6.07) is 4.23. The Morgan fingerprint density at radius 2 is 2.11 bits per heavy atom. The molecule has 2 heterocycles. The zero-order chi connectivity index (χ0) is 19.7. The fraction of sp³-hybridized carbons (Fsp3) is 0.474. The van der Waals surface area contributed by atoms with Crippen LogP contribution in [0.5, 0.6) is 0 Å². The van der Waals surface area contributed by atoms with E-state index >= 15 is 0 Å². The number of aliphatic hydroxyl groups is 1. The van der Waals surface area contributed by atoms with Crippen LogP contribution < -0.4 is 10.6 Å². The van der Waals surface area contributed by atoms with Crippen LogP contribution in [0.3, 0.4) is 0 Å². The van der Waals surface area contributed by atoms with Crippen molar-refractivity contribution in [3.05, 3.63) is 39.6 Å². The van der Waals surface area contributed by atoms with Crippen molar-refractivity contribution in [2.75, 3.05) is 17.2 Å². The molecular formula is C19H22ClFN4O2S. The Kier molecular flexibility index (Phi) is 5.70. The van der Waals surface area contributed by atoms with E-state index in [2.05, 4.69) is 10.6 Å². The van der Waals surface area contributed by atoms with Crippen LogP contribution in [0.4, 0.5) is 20.0 Å². The average molecular weight is 425 g/mol. The van der Waals surface area contributed by atoms with Gasteiger partial charge >= 0.3 is 6.03 Å². The molecule has 3 N–H and O–H groups in total. The van der Waals surface area contributed by atoms with Crippen molar-refractivity contribution in [2.45, 2.75) is 50.8 Å². The van der Waals surface area contributed by atoms with Crippen molar-refractivity contribution in [1.29, 1.82) is 0 Å². The smallest absolute Gasteiger partial charge is 0.322 e. The van der Waals surface area contributed by atoms with Gasteiger partial charge in [-0.05, 0) is 43.9 Å². The summed E-state index contributed by atoms with van der Waals surface area (Å²) in [6.45, 7) is 1.07. The summed E-state index contributed by atoms with van der Waals surface area (Å²) in [6.07, 6.45) is 4.06. The third-order valence-corrected chi connectivity index (χ3v) is 6.52. The Morgan fingerprint density at radius 1 is 1.32 bits per heavy atom. The first-order chi connectivity index (χ1) is 13.5. The van der Waals surface area contributed by atoms with Gasteiger partial charge in [0, 0.05) is 29.6 Å². The van der Waals surface area contributed by atoms with Crippen molar-refractivity contribution >= 4 is 39.8 Å². The lowest BCUT2D eigenvalue weighted by molar-refractivity contribution is 0.126. The molecule has 1 aliphatic heterocycles. The number of anilines is 2. The number of aromatic nitrogens is 1.